The van der Waals surface area contributed by atoms with Gasteiger partial charge in [0.25, 0.3) is 5.91 Å². The van der Waals surface area contributed by atoms with Gasteiger partial charge in [0.1, 0.15) is 0 Å². The van der Waals surface area contributed by atoms with E-state index >= 15 is 0 Å². The number of hydrogen-bond donors (Lipinski definition) is 1. The lowest BCUT2D eigenvalue weighted by Crippen LogP contribution is -2.12. The lowest BCUT2D eigenvalue weighted by molar-refractivity contribution is 0.0966. The molecule has 1 amide bonds. The second-order valence-corrected chi connectivity index (χ2v) is 4.19. The summed E-state index contributed by atoms with van der Waals surface area (Å²) in [5, 5.41) is 2.82. The molecule has 3 heteroatoms. The van der Waals surface area contributed by atoms with E-state index in [2.05, 4.69) is 16.4 Å². The molecule has 1 N–H and O–H groups in total. The Bertz CT molecular complexity index is 605. The molecule has 2 aromatic rings. The molecular weight excluding hydrogens is 212 g/mol. The minimum atomic E-state index is 0.0226. The van der Waals surface area contributed by atoms with Crippen molar-refractivity contribution in [3.05, 3.63) is 53.3 Å². The summed E-state index contributed by atoms with van der Waals surface area (Å²) in [6, 6.07) is 9.91. The van der Waals surface area contributed by atoms with E-state index in [-0.39, 0.29) is 5.91 Å². The molecule has 0 aliphatic carbocycles. The van der Waals surface area contributed by atoms with Crippen molar-refractivity contribution in [1.82, 2.24) is 10.3 Å². The van der Waals surface area contributed by atoms with Gasteiger partial charge in [0.2, 0.25) is 0 Å². The van der Waals surface area contributed by atoms with Gasteiger partial charge in [-0.3, -0.25) is 9.78 Å². The molecule has 0 bridgehead atoms. The van der Waals surface area contributed by atoms with Crippen LogP contribution in [-0.4, -0.2) is 10.9 Å². The molecule has 0 spiro atoms. The topological polar surface area (TPSA) is 42.0 Å². The number of nitrogens with zero attached hydrogens (tertiary/aromatic N) is 1. The van der Waals surface area contributed by atoms with Crippen molar-refractivity contribution in [2.24, 2.45) is 0 Å². The maximum absolute atomic E-state index is 11.5. The van der Waals surface area contributed by atoms with Crippen molar-refractivity contribution in [3.8, 4) is 11.1 Å². The fraction of sp³-hybridized carbons (Fsp3) is 0.143. The first-order valence-corrected chi connectivity index (χ1v) is 5.59. The standard InChI is InChI=1S/C14H12N2O/c1-9-12(3-2-6-15-9)10-4-5-13-11(7-10)8-16-14(13)17/h2-7H,8H2,1H3,(H,16,17). The molecule has 0 atom stereocenters. The lowest BCUT2D eigenvalue weighted by Gasteiger charge is -2.06. The molecule has 0 fully saturated rings. The Hall–Kier alpha value is -2.16. The largest absolute Gasteiger partial charge is 0.348 e. The Labute approximate surface area is 99.5 Å². The summed E-state index contributed by atoms with van der Waals surface area (Å²) in [6.45, 7) is 2.62. The van der Waals surface area contributed by atoms with Crippen LogP contribution in [-0.2, 0) is 6.54 Å². The smallest absolute Gasteiger partial charge is 0.251 e. The van der Waals surface area contributed by atoms with Crippen LogP contribution in [0, 0.1) is 6.92 Å². The number of nitrogens with one attached hydrogen (secondary N) is 1. The number of carbonyl (C=O) groups excluding carboxylic acids is 1. The van der Waals surface area contributed by atoms with Gasteiger partial charge < -0.3 is 5.32 Å². The molecule has 3 nitrogen and oxygen atoms in total. The lowest BCUT2D eigenvalue weighted by atomic mass is 10.00. The second kappa shape index (κ2) is 3.70. The van der Waals surface area contributed by atoms with Gasteiger partial charge in [0.05, 0.1) is 0 Å². The molecule has 0 saturated heterocycles. The van der Waals surface area contributed by atoms with Crippen LogP contribution in [0.4, 0.5) is 0 Å². The van der Waals surface area contributed by atoms with Crippen molar-refractivity contribution < 1.29 is 4.79 Å². The summed E-state index contributed by atoms with van der Waals surface area (Å²) in [5.41, 5.74) is 5.09. The van der Waals surface area contributed by atoms with E-state index in [0.717, 1.165) is 27.9 Å². The van der Waals surface area contributed by atoms with Crippen LogP contribution in [0.3, 0.4) is 0 Å². The van der Waals surface area contributed by atoms with Gasteiger partial charge in [0.15, 0.2) is 0 Å². The average Bonchev–Trinajstić information content (AvgIpc) is 2.71. The quantitative estimate of drug-likeness (QED) is 0.807. The number of rotatable bonds is 1. The SMILES string of the molecule is Cc1ncccc1-c1ccc2c(c1)CNC2=O. The van der Waals surface area contributed by atoms with Gasteiger partial charge in [-0.15, -0.1) is 0 Å². The van der Waals surface area contributed by atoms with Gasteiger partial charge >= 0.3 is 0 Å². The monoisotopic (exact) mass is 224 g/mol. The van der Waals surface area contributed by atoms with Crippen LogP contribution >= 0.6 is 0 Å². The Morgan fingerprint density at radius 2 is 2.12 bits per heavy atom. The highest BCUT2D eigenvalue weighted by atomic mass is 16.1. The summed E-state index contributed by atoms with van der Waals surface area (Å²) in [6.07, 6.45) is 1.79. The molecular formula is C14H12N2O. The molecule has 0 radical (unpaired) electrons. The number of fused-ring (bicyclic) bond motifs is 1. The molecule has 84 valence electrons. The molecule has 1 aromatic carbocycles. The van der Waals surface area contributed by atoms with E-state index < -0.39 is 0 Å². The molecule has 0 unspecified atom stereocenters. The maximum atomic E-state index is 11.5. The van der Waals surface area contributed by atoms with E-state index in [9.17, 15) is 4.79 Å². The number of aromatic nitrogens is 1. The van der Waals surface area contributed by atoms with Gasteiger partial charge in [-0.2, -0.15) is 0 Å². The van der Waals surface area contributed by atoms with E-state index in [1.165, 1.54) is 0 Å². The molecule has 0 saturated carbocycles. The third-order valence-electron chi connectivity index (χ3n) is 3.11. The number of amides is 1. The van der Waals surface area contributed by atoms with Gasteiger partial charge in [-0.25, -0.2) is 0 Å². The maximum Gasteiger partial charge on any atom is 0.251 e. The highest BCUT2D eigenvalue weighted by Crippen LogP contribution is 2.26. The normalized spacial score (nSPS) is 13.4. The van der Waals surface area contributed by atoms with Crippen LogP contribution < -0.4 is 5.32 Å². The molecule has 1 aliphatic rings. The molecule has 1 aromatic heterocycles. The minimum absolute atomic E-state index is 0.0226. The zero-order chi connectivity index (χ0) is 11.8. The minimum Gasteiger partial charge on any atom is -0.348 e. The summed E-state index contributed by atoms with van der Waals surface area (Å²) in [7, 11) is 0. The number of pyridine rings is 1. The fourth-order valence-corrected chi connectivity index (χ4v) is 2.19. The van der Waals surface area contributed by atoms with Crippen LogP contribution in [0.15, 0.2) is 36.5 Å². The van der Waals surface area contributed by atoms with Crippen molar-refractivity contribution >= 4 is 5.91 Å². The van der Waals surface area contributed by atoms with Crippen molar-refractivity contribution in [2.45, 2.75) is 13.5 Å². The van der Waals surface area contributed by atoms with E-state index in [1.54, 1.807) is 6.20 Å². The first-order valence-electron chi connectivity index (χ1n) is 5.59. The molecule has 17 heavy (non-hydrogen) atoms. The number of aryl methyl sites for hydroxylation is 1. The van der Waals surface area contributed by atoms with Crippen LogP contribution in [0.5, 0.6) is 0 Å². The van der Waals surface area contributed by atoms with Crippen LogP contribution in [0.2, 0.25) is 0 Å². The number of hydrogen-bond acceptors (Lipinski definition) is 2. The molecule has 1 aliphatic heterocycles. The molecule has 2 heterocycles. The second-order valence-electron chi connectivity index (χ2n) is 4.19. The predicted octanol–water partition coefficient (Wildman–Crippen LogP) is 2.30. The Morgan fingerprint density at radius 3 is 2.94 bits per heavy atom. The van der Waals surface area contributed by atoms with Crippen LogP contribution in [0.25, 0.3) is 11.1 Å². The Kier molecular flexibility index (Phi) is 2.18. The third kappa shape index (κ3) is 1.60. The van der Waals surface area contributed by atoms with Gasteiger partial charge in [-0.1, -0.05) is 12.1 Å². The van der Waals surface area contributed by atoms with E-state index in [1.807, 2.05) is 31.2 Å². The summed E-state index contributed by atoms with van der Waals surface area (Å²) in [4.78, 5) is 15.7. The zero-order valence-electron chi connectivity index (χ0n) is 9.53. The number of benzene rings is 1. The predicted molar refractivity (Wildman–Crippen MR) is 65.6 cm³/mol. The first-order chi connectivity index (χ1) is 8.25. The highest BCUT2D eigenvalue weighted by molar-refractivity contribution is 5.98. The highest BCUT2D eigenvalue weighted by Gasteiger charge is 2.18. The van der Waals surface area contributed by atoms with E-state index in [4.69, 9.17) is 0 Å². The average molecular weight is 224 g/mol. The van der Waals surface area contributed by atoms with Crippen molar-refractivity contribution in [1.29, 1.82) is 0 Å². The Balaban J connectivity index is 2.12. The van der Waals surface area contributed by atoms with Gasteiger partial charge in [0, 0.05) is 29.6 Å². The Morgan fingerprint density at radius 1 is 1.24 bits per heavy atom. The summed E-state index contributed by atoms with van der Waals surface area (Å²) < 4.78 is 0. The molecule has 3 rings (SSSR count). The zero-order valence-corrected chi connectivity index (χ0v) is 9.53. The van der Waals surface area contributed by atoms with Crippen molar-refractivity contribution in [3.63, 3.8) is 0 Å². The first kappa shape index (κ1) is 10.0. The summed E-state index contributed by atoms with van der Waals surface area (Å²) >= 11 is 0. The van der Waals surface area contributed by atoms with E-state index in [0.29, 0.717) is 6.54 Å². The van der Waals surface area contributed by atoms with Crippen molar-refractivity contribution in [2.75, 3.05) is 0 Å². The third-order valence-corrected chi connectivity index (χ3v) is 3.11. The van der Waals surface area contributed by atoms with Gasteiger partial charge in [-0.05, 0) is 36.2 Å². The summed E-state index contributed by atoms with van der Waals surface area (Å²) in [5.74, 6) is 0.0226. The number of carbonyl (C=O) groups is 1. The van der Waals surface area contributed by atoms with Crippen LogP contribution in [0.1, 0.15) is 21.6 Å². The fourth-order valence-electron chi connectivity index (χ4n) is 2.19.